The van der Waals surface area contributed by atoms with E-state index in [1.807, 2.05) is 30.3 Å². The number of nitrogens with zero attached hydrogens (tertiary/aromatic N) is 1. The predicted molar refractivity (Wildman–Crippen MR) is 108 cm³/mol. The highest BCUT2D eigenvalue weighted by molar-refractivity contribution is 14.2. The van der Waals surface area contributed by atoms with Crippen LogP contribution < -0.4 is 9.82 Å². The summed E-state index contributed by atoms with van der Waals surface area (Å²) < 4.78 is 6.24. The largest absolute Gasteiger partial charge is 0.486 e. The Balaban J connectivity index is 1.90. The molecule has 0 fully saturated rings. The number of benzene rings is 2. The minimum Gasteiger partial charge on any atom is -0.486 e. The second-order valence-corrected chi connectivity index (χ2v) is 7.65. The number of halogens is 1. The minimum atomic E-state index is -0.0252. The van der Waals surface area contributed by atoms with Crippen LogP contribution in [0.2, 0.25) is 0 Å². The first-order chi connectivity index (χ1) is 11.8. The van der Waals surface area contributed by atoms with Gasteiger partial charge in [0.25, 0.3) is 0 Å². The molecule has 0 amide bonds. The van der Waals surface area contributed by atoms with Gasteiger partial charge in [-0.15, -0.1) is 0 Å². The van der Waals surface area contributed by atoms with E-state index in [-0.39, 0.29) is 6.10 Å². The van der Waals surface area contributed by atoms with E-state index in [4.69, 9.17) is 10.1 Å². The van der Waals surface area contributed by atoms with Crippen molar-refractivity contribution in [2.45, 2.75) is 25.4 Å². The normalized spacial score (nSPS) is 16.4. The van der Waals surface area contributed by atoms with Crippen LogP contribution in [0, 0.1) is 16.7 Å². The molecular formula is C18H17IN3OP. The summed E-state index contributed by atoms with van der Waals surface area (Å²) in [4.78, 5) is 0. The molecule has 3 rings (SSSR count). The van der Waals surface area contributed by atoms with Crippen molar-refractivity contribution in [2.24, 2.45) is 0 Å². The van der Waals surface area contributed by atoms with Crippen molar-refractivity contribution in [3.63, 3.8) is 0 Å². The summed E-state index contributed by atoms with van der Waals surface area (Å²) in [5.41, 5.74) is 4.77. The number of nitriles is 1. The van der Waals surface area contributed by atoms with Crippen LogP contribution in [0.5, 0.6) is 5.75 Å². The molecular weight excluding hydrogens is 432 g/mol. The summed E-state index contributed by atoms with van der Waals surface area (Å²) in [5, 5.41) is 20.1. The van der Waals surface area contributed by atoms with Gasteiger partial charge in [-0.25, -0.2) is 0 Å². The van der Waals surface area contributed by atoms with Crippen molar-refractivity contribution in [1.82, 2.24) is 0 Å². The average molecular weight is 449 g/mol. The van der Waals surface area contributed by atoms with Crippen LogP contribution in [0.1, 0.15) is 41.2 Å². The molecule has 2 unspecified atom stereocenters. The molecule has 1 aliphatic rings. The fourth-order valence-electron chi connectivity index (χ4n) is 3.09. The molecule has 2 aromatic rings. The highest BCUT2D eigenvalue weighted by Gasteiger charge is 2.23. The summed E-state index contributed by atoms with van der Waals surface area (Å²) in [5.74, 6) is 0.790. The van der Waals surface area contributed by atoms with E-state index in [1.165, 1.54) is 6.21 Å². The molecule has 0 spiro atoms. The standard InChI is InChI=1S/C18H17IN3OP/c19-24-22-17-9-14(8-7-13(17)11-21)23-18-6-2-4-15-12(10-20)3-1-5-16(15)18/h1,3,5,7-9,11,18,21-22,24H,2,4,6H2. The van der Waals surface area contributed by atoms with Gasteiger partial charge in [-0.1, -0.05) is 12.1 Å². The molecule has 4 nitrogen and oxygen atoms in total. The van der Waals surface area contributed by atoms with E-state index in [9.17, 15) is 5.26 Å². The highest BCUT2D eigenvalue weighted by Crippen LogP contribution is 2.36. The Morgan fingerprint density at radius 2 is 2.25 bits per heavy atom. The molecule has 2 atom stereocenters. The lowest BCUT2D eigenvalue weighted by Gasteiger charge is -2.27. The third-order valence-corrected chi connectivity index (χ3v) is 5.39. The van der Waals surface area contributed by atoms with Crippen LogP contribution in [0.3, 0.4) is 0 Å². The molecule has 2 N–H and O–H groups in total. The first-order valence-corrected chi connectivity index (χ1v) is 11.8. The molecule has 2 aromatic carbocycles. The zero-order valence-electron chi connectivity index (χ0n) is 13.0. The van der Waals surface area contributed by atoms with Gasteiger partial charge in [0.15, 0.2) is 0 Å². The molecule has 0 radical (unpaired) electrons. The summed E-state index contributed by atoms with van der Waals surface area (Å²) >= 11 is 2.27. The van der Waals surface area contributed by atoms with Gasteiger partial charge in [-0.05, 0) is 70.6 Å². The van der Waals surface area contributed by atoms with Gasteiger partial charge < -0.3 is 15.2 Å². The van der Waals surface area contributed by atoms with Crippen molar-refractivity contribution >= 4 is 40.3 Å². The summed E-state index contributed by atoms with van der Waals surface area (Å²) in [6.07, 6.45) is 4.76. The average Bonchev–Trinajstić information content (AvgIpc) is 2.62. The van der Waals surface area contributed by atoms with E-state index in [0.29, 0.717) is 6.37 Å². The Hall–Kier alpha value is -1.64. The van der Waals surface area contributed by atoms with Crippen LogP contribution >= 0.6 is 28.4 Å². The summed E-state index contributed by atoms with van der Waals surface area (Å²) in [6, 6.07) is 13.9. The van der Waals surface area contributed by atoms with Gasteiger partial charge in [0.1, 0.15) is 11.9 Å². The topological polar surface area (TPSA) is 68.9 Å². The van der Waals surface area contributed by atoms with Crippen LogP contribution in [0.25, 0.3) is 0 Å². The molecule has 1 aliphatic carbocycles. The zero-order chi connectivity index (χ0) is 16.9. The second-order valence-electron chi connectivity index (χ2n) is 5.60. The maximum absolute atomic E-state index is 9.30. The van der Waals surface area contributed by atoms with Crippen molar-refractivity contribution in [3.8, 4) is 11.8 Å². The molecule has 24 heavy (non-hydrogen) atoms. The molecule has 6 heteroatoms. The molecule has 0 aliphatic heterocycles. The first-order valence-electron chi connectivity index (χ1n) is 7.71. The number of anilines is 1. The number of fused-ring (bicyclic) bond motifs is 1. The van der Waals surface area contributed by atoms with E-state index < -0.39 is 0 Å². The molecule has 0 bridgehead atoms. The zero-order valence-corrected chi connectivity index (χ0v) is 16.1. The molecule has 0 saturated heterocycles. The highest BCUT2D eigenvalue weighted by atomic mass is 127. The van der Waals surface area contributed by atoms with Gasteiger partial charge in [0.2, 0.25) is 0 Å². The molecule has 0 saturated carbocycles. The first kappa shape index (κ1) is 17.2. The van der Waals surface area contributed by atoms with Gasteiger partial charge in [0.05, 0.1) is 17.3 Å². The lowest BCUT2D eigenvalue weighted by molar-refractivity contribution is 0.183. The van der Waals surface area contributed by atoms with Crippen molar-refractivity contribution < 1.29 is 4.74 Å². The number of rotatable bonds is 5. The lowest BCUT2D eigenvalue weighted by atomic mass is 9.86. The van der Waals surface area contributed by atoms with Crippen LogP contribution in [-0.2, 0) is 6.42 Å². The number of nitrogens with one attached hydrogen (secondary N) is 2. The molecule has 122 valence electrons. The predicted octanol–water partition coefficient (Wildman–Crippen LogP) is 5.37. The van der Waals surface area contributed by atoms with Crippen molar-refractivity contribution in [1.29, 1.82) is 10.7 Å². The van der Waals surface area contributed by atoms with Gasteiger partial charge in [0, 0.05) is 24.2 Å². The maximum atomic E-state index is 9.30. The summed E-state index contributed by atoms with van der Waals surface area (Å²) in [6.45, 7) is 0. The van der Waals surface area contributed by atoms with Crippen LogP contribution in [-0.4, -0.2) is 6.21 Å². The number of ether oxygens (including phenoxy) is 1. The Bertz CT molecular complexity index is 803. The smallest absolute Gasteiger partial charge is 0.124 e. The van der Waals surface area contributed by atoms with Crippen molar-refractivity contribution in [3.05, 3.63) is 58.7 Å². The van der Waals surface area contributed by atoms with E-state index in [2.05, 4.69) is 39.3 Å². The fourth-order valence-corrected chi connectivity index (χ4v) is 4.28. The van der Waals surface area contributed by atoms with Gasteiger partial charge in [-0.3, -0.25) is 0 Å². The SMILES string of the molecule is N#Cc1cccc2c1CCCC2Oc1ccc(C=N)c(NPI)c1. The lowest BCUT2D eigenvalue weighted by Crippen LogP contribution is -2.16. The Labute approximate surface area is 156 Å². The van der Waals surface area contributed by atoms with E-state index >= 15 is 0 Å². The monoisotopic (exact) mass is 449 g/mol. The fraction of sp³-hybridized carbons (Fsp3) is 0.222. The quantitative estimate of drug-likeness (QED) is 0.367. The Morgan fingerprint density at radius 3 is 3.00 bits per heavy atom. The van der Waals surface area contributed by atoms with Crippen LogP contribution in [0.15, 0.2) is 36.4 Å². The Kier molecular flexibility index (Phi) is 5.70. The second kappa shape index (κ2) is 7.96. The van der Waals surface area contributed by atoms with E-state index in [0.717, 1.165) is 53.0 Å². The van der Waals surface area contributed by atoms with Crippen molar-refractivity contribution in [2.75, 3.05) is 5.09 Å². The van der Waals surface area contributed by atoms with Gasteiger partial charge >= 0.3 is 0 Å². The number of hydrogen-bond acceptors (Lipinski definition) is 4. The molecule has 0 heterocycles. The van der Waals surface area contributed by atoms with Crippen LogP contribution in [0.4, 0.5) is 5.69 Å². The van der Waals surface area contributed by atoms with E-state index in [1.54, 1.807) is 0 Å². The number of hydrogen-bond donors (Lipinski definition) is 2. The third kappa shape index (κ3) is 3.55. The Morgan fingerprint density at radius 1 is 1.38 bits per heavy atom. The maximum Gasteiger partial charge on any atom is 0.124 e. The third-order valence-electron chi connectivity index (χ3n) is 4.21. The molecule has 0 aromatic heterocycles. The minimum absolute atomic E-state index is 0.0252. The van der Waals surface area contributed by atoms with Gasteiger partial charge in [-0.2, -0.15) is 5.26 Å². The summed E-state index contributed by atoms with van der Waals surface area (Å²) in [7, 11) is 0.